The first-order valence-corrected chi connectivity index (χ1v) is 6.17. The zero-order valence-electron chi connectivity index (χ0n) is 7.26. The van der Waals surface area contributed by atoms with E-state index >= 15 is 0 Å². The summed E-state index contributed by atoms with van der Waals surface area (Å²) in [6, 6.07) is 2.08. The van der Waals surface area contributed by atoms with Crippen LogP contribution in [0, 0.1) is 0 Å². The molecule has 1 nitrogen and oxygen atoms in total. The number of hydrogen-bond acceptors (Lipinski definition) is 1. The molecule has 1 heterocycles. The zero-order valence-corrected chi connectivity index (χ0v) is 10.4. The van der Waals surface area contributed by atoms with Gasteiger partial charge in [0.25, 0.3) is 0 Å². The lowest BCUT2D eigenvalue weighted by molar-refractivity contribution is 0.693. The molecule has 0 radical (unpaired) electrons. The smallest absolute Gasteiger partial charge is 0.0577 e. The quantitative estimate of drug-likeness (QED) is 0.755. The normalized spacial score (nSPS) is 18.0. The maximum atomic E-state index is 4.47. The zero-order chi connectivity index (χ0) is 9.26. The molecule has 13 heavy (non-hydrogen) atoms. The van der Waals surface area contributed by atoms with Gasteiger partial charge in [0.2, 0.25) is 0 Å². The lowest BCUT2D eigenvalue weighted by Crippen LogP contribution is -1.97. The van der Waals surface area contributed by atoms with Crippen molar-refractivity contribution in [3.8, 4) is 0 Å². The highest BCUT2D eigenvalue weighted by Crippen LogP contribution is 2.36. The number of pyridine rings is 1. The van der Waals surface area contributed by atoms with Crippen molar-refractivity contribution in [2.24, 2.45) is 0 Å². The number of rotatable bonds is 1. The predicted molar refractivity (Wildman–Crippen MR) is 60.8 cm³/mol. The summed E-state index contributed by atoms with van der Waals surface area (Å²) >= 11 is 6.98. The molecule has 0 saturated heterocycles. The van der Waals surface area contributed by atoms with Crippen LogP contribution < -0.4 is 0 Å². The van der Waals surface area contributed by atoms with Crippen LogP contribution in [-0.4, -0.2) is 4.98 Å². The number of aromatic nitrogens is 1. The fourth-order valence-electron chi connectivity index (χ4n) is 1.92. The van der Waals surface area contributed by atoms with Crippen molar-refractivity contribution in [3.63, 3.8) is 0 Å². The maximum Gasteiger partial charge on any atom is 0.0577 e. The van der Waals surface area contributed by atoms with Crippen LogP contribution in [0.25, 0.3) is 0 Å². The summed E-state index contributed by atoms with van der Waals surface area (Å²) in [7, 11) is 0. The molecule has 1 saturated carbocycles. The van der Waals surface area contributed by atoms with Crippen molar-refractivity contribution in [1.29, 1.82) is 0 Å². The summed E-state index contributed by atoms with van der Waals surface area (Å²) in [6.45, 7) is 0. The third-order valence-corrected chi connectivity index (χ3v) is 3.65. The molecular formula is C10H11Br2N. The van der Waals surface area contributed by atoms with E-state index in [4.69, 9.17) is 0 Å². The summed E-state index contributed by atoms with van der Waals surface area (Å²) in [5, 5.41) is 0. The van der Waals surface area contributed by atoms with Crippen LogP contribution in [0.4, 0.5) is 0 Å². The molecule has 2 rings (SSSR count). The molecule has 3 heteroatoms. The van der Waals surface area contributed by atoms with Crippen LogP contribution in [0.2, 0.25) is 0 Å². The lowest BCUT2D eigenvalue weighted by atomic mass is 10.0. The third kappa shape index (κ3) is 2.13. The molecule has 1 aliphatic carbocycles. The van der Waals surface area contributed by atoms with E-state index < -0.39 is 0 Å². The first-order valence-electron chi connectivity index (χ1n) is 4.58. The van der Waals surface area contributed by atoms with Gasteiger partial charge < -0.3 is 0 Å². The van der Waals surface area contributed by atoms with E-state index in [9.17, 15) is 0 Å². The van der Waals surface area contributed by atoms with Gasteiger partial charge in [0.1, 0.15) is 0 Å². The Morgan fingerprint density at radius 2 is 1.92 bits per heavy atom. The number of nitrogens with zero attached hydrogens (tertiary/aromatic N) is 1. The Hall–Kier alpha value is 0.110. The topological polar surface area (TPSA) is 12.9 Å². The highest BCUT2D eigenvalue weighted by molar-refractivity contribution is 9.11. The summed E-state index contributed by atoms with van der Waals surface area (Å²) in [4.78, 5) is 4.47. The minimum atomic E-state index is 0.683. The van der Waals surface area contributed by atoms with E-state index in [1.165, 1.54) is 31.4 Å². The Balaban J connectivity index is 2.29. The highest BCUT2D eigenvalue weighted by atomic mass is 79.9. The molecule has 0 amide bonds. The molecule has 0 aliphatic heterocycles. The van der Waals surface area contributed by atoms with Crippen LogP contribution in [0.15, 0.2) is 21.2 Å². The largest absolute Gasteiger partial charge is 0.259 e. The maximum absolute atomic E-state index is 4.47. The van der Waals surface area contributed by atoms with Crippen molar-refractivity contribution in [1.82, 2.24) is 4.98 Å². The molecule has 0 atom stereocenters. The van der Waals surface area contributed by atoms with Gasteiger partial charge in [0.15, 0.2) is 0 Å². The van der Waals surface area contributed by atoms with Crippen molar-refractivity contribution < 1.29 is 0 Å². The Morgan fingerprint density at radius 3 is 2.54 bits per heavy atom. The first-order chi connectivity index (χ1) is 6.27. The number of hydrogen-bond donors (Lipinski definition) is 0. The standard InChI is InChI=1S/C10H11Br2N/c11-8-5-9(12)10(13-6-8)7-3-1-2-4-7/h5-7H,1-4H2. The Kier molecular flexibility index (Phi) is 3.04. The molecule has 70 valence electrons. The minimum Gasteiger partial charge on any atom is -0.259 e. The molecule has 1 aromatic rings. The van der Waals surface area contributed by atoms with Gasteiger partial charge in [-0.1, -0.05) is 12.8 Å². The molecule has 0 aromatic carbocycles. The van der Waals surface area contributed by atoms with Crippen molar-refractivity contribution in [2.45, 2.75) is 31.6 Å². The second-order valence-corrected chi connectivity index (χ2v) is 5.27. The van der Waals surface area contributed by atoms with E-state index in [-0.39, 0.29) is 0 Å². The van der Waals surface area contributed by atoms with Gasteiger partial charge >= 0.3 is 0 Å². The average molecular weight is 305 g/mol. The van der Waals surface area contributed by atoms with E-state index in [0.29, 0.717) is 5.92 Å². The Labute approximate surface area is 95.2 Å². The van der Waals surface area contributed by atoms with Crippen LogP contribution >= 0.6 is 31.9 Å². The van der Waals surface area contributed by atoms with E-state index in [0.717, 1.165) is 8.95 Å². The van der Waals surface area contributed by atoms with Crippen molar-refractivity contribution in [3.05, 3.63) is 26.9 Å². The molecular weight excluding hydrogens is 294 g/mol. The van der Waals surface area contributed by atoms with Gasteiger partial charge in [-0.05, 0) is 50.8 Å². The van der Waals surface area contributed by atoms with Gasteiger partial charge in [-0.2, -0.15) is 0 Å². The highest BCUT2D eigenvalue weighted by Gasteiger charge is 2.20. The molecule has 0 bridgehead atoms. The van der Waals surface area contributed by atoms with Gasteiger partial charge in [0.05, 0.1) is 5.69 Å². The van der Waals surface area contributed by atoms with Crippen LogP contribution in [-0.2, 0) is 0 Å². The monoisotopic (exact) mass is 303 g/mol. The van der Waals surface area contributed by atoms with E-state index in [1.54, 1.807) is 0 Å². The van der Waals surface area contributed by atoms with Gasteiger partial charge in [-0.25, -0.2) is 0 Å². The van der Waals surface area contributed by atoms with E-state index in [2.05, 4.69) is 42.9 Å². The second kappa shape index (κ2) is 4.09. The van der Waals surface area contributed by atoms with Crippen LogP contribution in [0.5, 0.6) is 0 Å². The van der Waals surface area contributed by atoms with Crippen molar-refractivity contribution in [2.75, 3.05) is 0 Å². The lowest BCUT2D eigenvalue weighted by Gasteiger charge is -2.10. The number of halogens is 2. The molecule has 1 fully saturated rings. The fourth-order valence-corrected chi connectivity index (χ4v) is 3.24. The van der Waals surface area contributed by atoms with Crippen molar-refractivity contribution >= 4 is 31.9 Å². The van der Waals surface area contributed by atoms with Crippen LogP contribution in [0.3, 0.4) is 0 Å². The molecule has 1 aliphatic rings. The van der Waals surface area contributed by atoms with Gasteiger partial charge in [-0.15, -0.1) is 0 Å². The first kappa shape index (κ1) is 9.66. The summed E-state index contributed by atoms with van der Waals surface area (Å²) in [6.07, 6.45) is 7.20. The van der Waals surface area contributed by atoms with E-state index in [1.807, 2.05) is 6.20 Å². The average Bonchev–Trinajstić information content (AvgIpc) is 2.56. The van der Waals surface area contributed by atoms with Gasteiger partial charge in [0, 0.05) is 21.1 Å². The fraction of sp³-hybridized carbons (Fsp3) is 0.500. The molecule has 1 aromatic heterocycles. The molecule has 0 spiro atoms. The Bertz CT molecular complexity index is 306. The van der Waals surface area contributed by atoms with Gasteiger partial charge in [-0.3, -0.25) is 4.98 Å². The minimum absolute atomic E-state index is 0.683. The molecule has 0 N–H and O–H groups in total. The third-order valence-electron chi connectivity index (χ3n) is 2.58. The summed E-state index contributed by atoms with van der Waals surface area (Å²) in [5.41, 5.74) is 1.24. The SMILES string of the molecule is Brc1cnc(C2CCCC2)c(Br)c1. The predicted octanol–water partition coefficient (Wildman–Crippen LogP) is 4.26. The summed E-state index contributed by atoms with van der Waals surface area (Å²) < 4.78 is 2.19. The van der Waals surface area contributed by atoms with Crippen LogP contribution in [0.1, 0.15) is 37.3 Å². The molecule has 0 unspecified atom stereocenters. The second-order valence-electron chi connectivity index (χ2n) is 3.50. The summed E-state index contributed by atoms with van der Waals surface area (Å²) in [5.74, 6) is 0.683. The Morgan fingerprint density at radius 1 is 1.23 bits per heavy atom.